The maximum absolute atomic E-state index is 13.6. The minimum atomic E-state index is -2.07. The quantitative estimate of drug-likeness (QED) is 0.113. The molecule has 0 bridgehead atoms. The van der Waals surface area contributed by atoms with Crippen LogP contribution in [0, 0.1) is 6.92 Å². The lowest BCUT2D eigenvalue weighted by atomic mass is 9.92. The first kappa shape index (κ1) is 32.4. The van der Waals surface area contributed by atoms with Gasteiger partial charge in [-0.1, -0.05) is 6.08 Å². The smallest absolute Gasteiger partial charge is 0.404 e. The van der Waals surface area contributed by atoms with Gasteiger partial charge in [0.25, 0.3) is 5.56 Å². The fraction of sp³-hybridized carbons (Fsp3) is 0.565. The number of aliphatic hydroxyl groups is 4. The predicted octanol–water partition coefficient (Wildman–Crippen LogP) is -5.66. The van der Waals surface area contributed by atoms with Gasteiger partial charge in [-0.25, -0.2) is 14.4 Å². The largest absolute Gasteiger partial charge is 0.479 e. The van der Waals surface area contributed by atoms with E-state index in [0.29, 0.717) is 5.57 Å². The molecule has 1 unspecified atom stereocenters. The molecule has 3 rings (SSSR count). The maximum Gasteiger partial charge on any atom is 0.404 e. The number of H-pyrrole nitrogens is 1. The van der Waals surface area contributed by atoms with E-state index in [9.17, 15) is 54.3 Å². The van der Waals surface area contributed by atoms with Gasteiger partial charge >= 0.3 is 17.8 Å². The summed E-state index contributed by atoms with van der Waals surface area (Å²) in [6, 6.07) is -5.37. The van der Waals surface area contributed by atoms with Gasteiger partial charge in [0.15, 0.2) is 12.3 Å². The summed E-state index contributed by atoms with van der Waals surface area (Å²) in [7, 11) is 0. The molecule has 19 nitrogen and oxygen atoms in total. The molecule has 2 aliphatic rings. The maximum atomic E-state index is 13.6. The highest BCUT2D eigenvalue weighted by atomic mass is 16.6. The van der Waals surface area contributed by atoms with E-state index in [4.69, 9.17) is 16.2 Å². The first-order valence-electron chi connectivity index (χ1n) is 12.5. The molecule has 9 atom stereocenters. The first-order chi connectivity index (χ1) is 19.6. The summed E-state index contributed by atoms with van der Waals surface area (Å²) in [5, 5.41) is 53.6. The number of ether oxygens (including phenoxy) is 2. The van der Waals surface area contributed by atoms with Crippen LogP contribution < -0.4 is 28.0 Å². The molecular formula is C23H32N6O13. The van der Waals surface area contributed by atoms with E-state index in [0.717, 1.165) is 15.7 Å². The van der Waals surface area contributed by atoms with Crippen molar-refractivity contribution in [3.8, 4) is 0 Å². The standard InChI is InChI=1S/C23H32N6O13/c1-3-8-5-28(12(8)21(37)38)19(36)11(26-18(35)10(24)13(31)9(30)6-41-22(25)39)16-14(32)15(33)20(42-16)29-4-7(2)17(34)27-23(29)40/h3-4,9-16,20,30-33H,5-6,24H2,1-2H3,(H2,25,39)(H,26,35)(H,37,38)(H,27,34,40)/b8-3-/t9-,10-,11-,12-,13+,14-,15+,16?,20+/m0/s1. The van der Waals surface area contributed by atoms with Crippen molar-refractivity contribution in [3.63, 3.8) is 0 Å². The fourth-order valence-electron chi connectivity index (χ4n) is 4.55. The molecule has 2 saturated heterocycles. The Hall–Kier alpha value is -4.14. The third-order valence-electron chi connectivity index (χ3n) is 6.95. The highest BCUT2D eigenvalue weighted by molar-refractivity contribution is 5.95. The molecule has 42 heavy (non-hydrogen) atoms. The molecule has 232 valence electrons. The summed E-state index contributed by atoms with van der Waals surface area (Å²) in [6.07, 6.45) is -10.1. The average molecular weight is 601 g/mol. The number of aliphatic hydroxyl groups excluding tert-OH is 4. The summed E-state index contributed by atoms with van der Waals surface area (Å²) in [5.41, 5.74) is 9.16. The molecule has 19 heteroatoms. The number of nitrogens with two attached hydrogens (primary N) is 2. The molecule has 0 radical (unpaired) electrons. The lowest BCUT2D eigenvalue weighted by Gasteiger charge is -2.43. The zero-order valence-electron chi connectivity index (χ0n) is 22.3. The van der Waals surface area contributed by atoms with Crippen molar-refractivity contribution in [2.75, 3.05) is 13.2 Å². The molecule has 0 aliphatic carbocycles. The predicted molar refractivity (Wildman–Crippen MR) is 136 cm³/mol. The van der Waals surface area contributed by atoms with Crippen molar-refractivity contribution in [1.82, 2.24) is 19.8 Å². The monoisotopic (exact) mass is 600 g/mol. The number of nitrogens with zero attached hydrogens (tertiary/aromatic N) is 2. The minimum Gasteiger partial charge on any atom is -0.479 e. The normalized spacial score (nSPS) is 27.5. The molecular weight excluding hydrogens is 568 g/mol. The van der Waals surface area contributed by atoms with Crippen LogP contribution in [0.15, 0.2) is 27.4 Å². The number of allylic oxidation sites excluding steroid dienone is 1. The van der Waals surface area contributed by atoms with E-state index in [-0.39, 0.29) is 12.1 Å². The lowest BCUT2D eigenvalue weighted by molar-refractivity contribution is -0.157. The summed E-state index contributed by atoms with van der Waals surface area (Å²) in [5.74, 6) is -3.80. The zero-order chi connectivity index (χ0) is 31.6. The Morgan fingerprint density at radius 2 is 1.88 bits per heavy atom. The second-order valence-corrected chi connectivity index (χ2v) is 9.72. The number of carboxylic acids is 1. The second-order valence-electron chi connectivity index (χ2n) is 9.72. The van der Waals surface area contributed by atoms with Crippen LogP contribution in [-0.2, 0) is 23.9 Å². The second kappa shape index (κ2) is 12.8. The van der Waals surface area contributed by atoms with Gasteiger partial charge in [-0.05, 0) is 19.4 Å². The Balaban J connectivity index is 1.94. The molecule has 0 spiro atoms. The first-order valence-corrected chi connectivity index (χ1v) is 12.5. The summed E-state index contributed by atoms with van der Waals surface area (Å²) in [4.78, 5) is 76.2. The van der Waals surface area contributed by atoms with Gasteiger partial charge in [0.2, 0.25) is 11.8 Å². The van der Waals surface area contributed by atoms with Crippen molar-refractivity contribution in [3.05, 3.63) is 44.2 Å². The Labute approximate surface area is 235 Å². The number of carbonyl (C=O) groups excluding carboxylic acids is 3. The number of aromatic nitrogens is 2. The van der Waals surface area contributed by atoms with Crippen molar-refractivity contribution in [2.24, 2.45) is 11.5 Å². The molecule has 1 aromatic rings. The number of primary amides is 1. The van der Waals surface area contributed by atoms with Crippen molar-refractivity contribution in [2.45, 2.75) is 68.7 Å². The van der Waals surface area contributed by atoms with Gasteiger partial charge in [0.05, 0.1) is 0 Å². The minimum absolute atomic E-state index is 0.0341. The van der Waals surface area contributed by atoms with Crippen molar-refractivity contribution < 1.29 is 54.2 Å². The Morgan fingerprint density at radius 1 is 1.24 bits per heavy atom. The number of carbonyl (C=O) groups is 4. The van der Waals surface area contributed by atoms with Crippen LogP contribution in [0.25, 0.3) is 0 Å². The number of hydrogen-bond acceptors (Lipinski definition) is 13. The zero-order valence-corrected chi connectivity index (χ0v) is 22.3. The number of aromatic amines is 1. The van der Waals surface area contributed by atoms with Crippen LogP contribution >= 0.6 is 0 Å². The third kappa shape index (κ3) is 6.35. The highest BCUT2D eigenvalue weighted by Gasteiger charge is 2.53. The number of aryl methyl sites for hydroxylation is 1. The van der Waals surface area contributed by atoms with Gasteiger partial charge in [-0.3, -0.25) is 23.9 Å². The van der Waals surface area contributed by atoms with Gasteiger partial charge < -0.3 is 56.7 Å². The third-order valence-corrected chi connectivity index (χ3v) is 6.95. The number of rotatable bonds is 10. The van der Waals surface area contributed by atoms with Crippen LogP contribution in [0.3, 0.4) is 0 Å². The summed E-state index contributed by atoms with van der Waals surface area (Å²) in [6.45, 7) is 1.88. The number of carboxylic acid groups (broad SMARTS) is 1. The van der Waals surface area contributed by atoms with Crippen LogP contribution in [0.2, 0.25) is 0 Å². The molecule has 0 saturated carbocycles. The highest BCUT2D eigenvalue weighted by Crippen LogP contribution is 2.33. The van der Waals surface area contributed by atoms with Crippen LogP contribution in [-0.4, -0.2) is 126 Å². The van der Waals surface area contributed by atoms with Gasteiger partial charge in [0.1, 0.15) is 49.2 Å². The molecule has 0 aromatic carbocycles. The Kier molecular flexibility index (Phi) is 9.86. The van der Waals surface area contributed by atoms with Crippen molar-refractivity contribution >= 4 is 23.9 Å². The van der Waals surface area contributed by atoms with Crippen LogP contribution in [0.4, 0.5) is 4.79 Å². The van der Waals surface area contributed by atoms with E-state index >= 15 is 0 Å². The van der Waals surface area contributed by atoms with Crippen molar-refractivity contribution in [1.29, 1.82) is 0 Å². The molecule has 2 fully saturated rings. The lowest BCUT2D eigenvalue weighted by Crippen LogP contribution is -2.67. The van der Waals surface area contributed by atoms with Gasteiger partial charge in [-0.2, -0.15) is 0 Å². The van der Waals surface area contributed by atoms with E-state index in [1.807, 2.05) is 4.98 Å². The number of aliphatic carboxylic acids is 1. The number of hydrogen-bond donors (Lipinski definition) is 9. The Morgan fingerprint density at radius 3 is 2.45 bits per heavy atom. The molecule has 2 aliphatic heterocycles. The summed E-state index contributed by atoms with van der Waals surface area (Å²) < 4.78 is 10.8. The topological polar surface area (TPSA) is 310 Å². The SMILES string of the molecule is C/C=C1/CN(C(=O)[C@@H](NC(=O)[C@@H](N)[C@H](O)[C@@H](O)COC(N)=O)C2O[C@@H](n3cc(C)c(=O)[nH]c3=O)[C@H](O)[C@@H]2O)[C@@H]1C(=O)O. The van der Waals surface area contributed by atoms with E-state index in [1.54, 1.807) is 6.92 Å². The van der Waals surface area contributed by atoms with E-state index in [1.165, 1.54) is 13.0 Å². The number of amides is 3. The number of nitrogens with one attached hydrogen (secondary N) is 2. The van der Waals surface area contributed by atoms with Gasteiger partial charge in [0, 0.05) is 18.3 Å². The van der Waals surface area contributed by atoms with E-state index in [2.05, 4.69) is 10.1 Å². The fourth-order valence-corrected chi connectivity index (χ4v) is 4.55. The molecule has 11 N–H and O–H groups in total. The van der Waals surface area contributed by atoms with E-state index < -0.39 is 96.6 Å². The van der Waals surface area contributed by atoms with Gasteiger partial charge in [-0.15, -0.1) is 0 Å². The Bertz CT molecular complexity index is 1380. The number of likely N-dealkylation sites (tertiary alicyclic amines) is 1. The summed E-state index contributed by atoms with van der Waals surface area (Å²) >= 11 is 0. The average Bonchev–Trinajstić information content (AvgIpc) is 3.19. The molecule has 3 amide bonds. The molecule has 3 heterocycles. The van der Waals surface area contributed by atoms with Crippen LogP contribution in [0.1, 0.15) is 18.7 Å². The van der Waals surface area contributed by atoms with Crippen LogP contribution in [0.5, 0.6) is 0 Å². The molecule has 1 aromatic heterocycles.